The fourth-order valence-corrected chi connectivity index (χ4v) is 1.53. The molecule has 78 valence electrons. The molecule has 0 saturated carbocycles. The molecule has 1 aliphatic rings. The van der Waals surface area contributed by atoms with E-state index in [2.05, 4.69) is 65.5 Å². The Kier molecular flexibility index (Phi) is 5.02. The second-order valence-electron chi connectivity index (χ2n) is 3.92. The summed E-state index contributed by atoms with van der Waals surface area (Å²) in [6.07, 6.45) is 11.8. The molecule has 0 fully saturated rings. The molecule has 0 bridgehead atoms. The second kappa shape index (κ2) is 6.07. The van der Waals surface area contributed by atoms with E-state index in [-0.39, 0.29) is 0 Å². The molecule has 0 spiro atoms. The molecule has 0 saturated heterocycles. The van der Waals surface area contributed by atoms with Crippen LogP contribution in [0.15, 0.2) is 36.1 Å². The zero-order valence-corrected chi connectivity index (χ0v) is 10.4. The van der Waals surface area contributed by atoms with Crippen LogP contribution in [-0.4, -0.2) is 11.4 Å². The van der Waals surface area contributed by atoms with Crippen molar-refractivity contribution >= 4 is 15.9 Å². The molecular formula is C12H18BrN. The first-order valence-electron chi connectivity index (χ1n) is 5.13. The minimum atomic E-state index is 0.364. The van der Waals surface area contributed by atoms with Gasteiger partial charge in [0.1, 0.15) is 0 Å². The van der Waals surface area contributed by atoms with Crippen molar-refractivity contribution in [3.63, 3.8) is 0 Å². The number of halogens is 1. The van der Waals surface area contributed by atoms with Crippen molar-refractivity contribution in [3.8, 4) is 0 Å². The molecule has 0 aliphatic heterocycles. The highest BCUT2D eigenvalue weighted by atomic mass is 79.9. The van der Waals surface area contributed by atoms with Crippen molar-refractivity contribution in [2.24, 2.45) is 5.92 Å². The summed E-state index contributed by atoms with van der Waals surface area (Å²) in [4.78, 5) is 0.364. The van der Waals surface area contributed by atoms with E-state index >= 15 is 0 Å². The Morgan fingerprint density at radius 3 is 2.93 bits per heavy atom. The molecule has 0 amide bonds. The SMILES string of the molecule is CC(C)CCNC1=CC=CC(Br)C=C1. The average Bonchev–Trinajstić information content (AvgIpc) is 2.30. The first-order chi connectivity index (χ1) is 6.68. The van der Waals surface area contributed by atoms with E-state index in [0.717, 1.165) is 12.5 Å². The Balaban J connectivity index is 2.34. The van der Waals surface area contributed by atoms with Crippen LogP contribution in [0.1, 0.15) is 20.3 Å². The maximum atomic E-state index is 3.52. The molecule has 1 N–H and O–H groups in total. The van der Waals surface area contributed by atoms with Gasteiger partial charge < -0.3 is 5.32 Å². The Morgan fingerprint density at radius 1 is 1.43 bits per heavy atom. The third kappa shape index (κ3) is 4.66. The maximum Gasteiger partial charge on any atom is 0.0512 e. The second-order valence-corrected chi connectivity index (χ2v) is 4.98. The third-order valence-corrected chi connectivity index (χ3v) is 2.69. The summed E-state index contributed by atoms with van der Waals surface area (Å²) >= 11 is 3.52. The summed E-state index contributed by atoms with van der Waals surface area (Å²) in [6.45, 7) is 5.54. The van der Waals surface area contributed by atoms with Crippen molar-refractivity contribution in [3.05, 3.63) is 36.1 Å². The van der Waals surface area contributed by atoms with Crippen molar-refractivity contribution in [1.82, 2.24) is 5.32 Å². The highest BCUT2D eigenvalue weighted by Crippen LogP contribution is 2.09. The lowest BCUT2D eigenvalue weighted by atomic mass is 10.1. The molecule has 0 aromatic heterocycles. The largest absolute Gasteiger partial charge is 0.385 e. The summed E-state index contributed by atoms with van der Waals surface area (Å²) < 4.78 is 0. The molecule has 1 nitrogen and oxygen atoms in total. The number of allylic oxidation sites excluding steroid dienone is 5. The number of rotatable bonds is 4. The van der Waals surface area contributed by atoms with Crippen LogP contribution in [0.4, 0.5) is 0 Å². The van der Waals surface area contributed by atoms with E-state index in [0.29, 0.717) is 4.83 Å². The van der Waals surface area contributed by atoms with E-state index in [4.69, 9.17) is 0 Å². The van der Waals surface area contributed by atoms with Crippen LogP contribution in [0.3, 0.4) is 0 Å². The van der Waals surface area contributed by atoms with Crippen molar-refractivity contribution in [2.45, 2.75) is 25.1 Å². The van der Waals surface area contributed by atoms with Gasteiger partial charge in [0.15, 0.2) is 0 Å². The van der Waals surface area contributed by atoms with Gasteiger partial charge in [-0.15, -0.1) is 0 Å². The van der Waals surface area contributed by atoms with E-state index in [1.807, 2.05) is 0 Å². The van der Waals surface area contributed by atoms with Crippen molar-refractivity contribution in [1.29, 1.82) is 0 Å². The van der Waals surface area contributed by atoms with E-state index in [9.17, 15) is 0 Å². The topological polar surface area (TPSA) is 12.0 Å². The van der Waals surface area contributed by atoms with Gasteiger partial charge in [-0.2, -0.15) is 0 Å². The Hall–Kier alpha value is -0.500. The number of hydrogen-bond acceptors (Lipinski definition) is 1. The maximum absolute atomic E-state index is 3.52. The van der Waals surface area contributed by atoms with Crippen LogP contribution in [0.5, 0.6) is 0 Å². The van der Waals surface area contributed by atoms with Gasteiger partial charge in [0.2, 0.25) is 0 Å². The predicted octanol–water partition coefficient (Wildman–Crippen LogP) is 3.40. The van der Waals surface area contributed by atoms with Crippen molar-refractivity contribution in [2.75, 3.05) is 6.54 Å². The van der Waals surface area contributed by atoms with Crippen LogP contribution in [0, 0.1) is 5.92 Å². The summed E-state index contributed by atoms with van der Waals surface area (Å²) in [5.74, 6) is 0.761. The smallest absolute Gasteiger partial charge is 0.0512 e. The van der Waals surface area contributed by atoms with Gasteiger partial charge in [0.25, 0.3) is 0 Å². The zero-order valence-electron chi connectivity index (χ0n) is 8.83. The van der Waals surface area contributed by atoms with E-state index in [1.165, 1.54) is 12.1 Å². The van der Waals surface area contributed by atoms with Gasteiger partial charge in [-0.25, -0.2) is 0 Å². The molecule has 1 atom stereocenters. The van der Waals surface area contributed by atoms with Crippen LogP contribution in [0.2, 0.25) is 0 Å². The summed E-state index contributed by atoms with van der Waals surface area (Å²) in [6, 6.07) is 0. The first-order valence-corrected chi connectivity index (χ1v) is 6.04. The van der Waals surface area contributed by atoms with Gasteiger partial charge in [0, 0.05) is 12.2 Å². The minimum Gasteiger partial charge on any atom is -0.385 e. The number of alkyl halides is 1. The summed E-state index contributed by atoms with van der Waals surface area (Å²) in [5, 5.41) is 3.42. The normalized spacial score (nSPS) is 20.9. The fourth-order valence-electron chi connectivity index (χ4n) is 1.20. The van der Waals surface area contributed by atoms with E-state index in [1.54, 1.807) is 0 Å². The predicted molar refractivity (Wildman–Crippen MR) is 66.5 cm³/mol. The highest BCUT2D eigenvalue weighted by molar-refractivity contribution is 9.09. The molecule has 0 heterocycles. The quantitative estimate of drug-likeness (QED) is 0.760. The first kappa shape index (κ1) is 11.6. The van der Waals surface area contributed by atoms with E-state index < -0.39 is 0 Å². The fraction of sp³-hybridized carbons (Fsp3) is 0.500. The average molecular weight is 256 g/mol. The lowest BCUT2D eigenvalue weighted by Gasteiger charge is -2.08. The lowest BCUT2D eigenvalue weighted by molar-refractivity contribution is 0.566. The Labute approximate surface area is 95.1 Å². The Bertz CT molecular complexity index is 251. The summed E-state index contributed by atoms with van der Waals surface area (Å²) in [7, 11) is 0. The molecule has 1 unspecified atom stereocenters. The molecule has 14 heavy (non-hydrogen) atoms. The molecule has 0 radical (unpaired) electrons. The minimum absolute atomic E-state index is 0.364. The van der Waals surface area contributed by atoms with Gasteiger partial charge in [-0.3, -0.25) is 0 Å². The molecule has 0 aromatic rings. The highest BCUT2D eigenvalue weighted by Gasteiger charge is 1.98. The molecule has 1 rings (SSSR count). The Morgan fingerprint density at radius 2 is 2.21 bits per heavy atom. The number of hydrogen-bond donors (Lipinski definition) is 1. The lowest BCUT2D eigenvalue weighted by Crippen LogP contribution is -2.14. The van der Waals surface area contributed by atoms with Crippen molar-refractivity contribution < 1.29 is 0 Å². The van der Waals surface area contributed by atoms with Crippen LogP contribution < -0.4 is 5.32 Å². The molecule has 2 heteroatoms. The van der Waals surface area contributed by atoms with Gasteiger partial charge in [-0.05, 0) is 24.5 Å². The van der Waals surface area contributed by atoms with Crippen LogP contribution >= 0.6 is 15.9 Å². The molecule has 0 aromatic carbocycles. The molecule has 1 aliphatic carbocycles. The van der Waals surface area contributed by atoms with Gasteiger partial charge in [0.05, 0.1) is 4.83 Å². The van der Waals surface area contributed by atoms with Gasteiger partial charge in [-0.1, -0.05) is 48.0 Å². The van der Waals surface area contributed by atoms with Crippen LogP contribution in [0.25, 0.3) is 0 Å². The monoisotopic (exact) mass is 255 g/mol. The third-order valence-electron chi connectivity index (χ3n) is 2.08. The number of nitrogens with one attached hydrogen (secondary N) is 1. The zero-order chi connectivity index (χ0) is 10.4. The summed E-state index contributed by atoms with van der Waals surface area (Å²) in [5.41, 5.74) is 1.20. The van der Waals surface area contributed by atoms with Crippen LogP contribution in [-0.2, 0) is 0 Å². The molecular weight excluding hydrogens is 238 g/mol. The standard InChI is InChI=1S/C12H18BrN/c1-10(2)8-9-14-12-5-3-4-11(13)6-7-12/h3-7,10-11,14H,8-9H2,1-2H3. The van der Waals surface area contributed by atoms with Gasteiger partial charge >= 0.3 is 0 Å².